The van der Waals surface area contributed by atoms with Crippen molar-refractivity contribution in [3.05, 3.63) is 29.7 Å². The molecule has 9 heteroatoms. The molecule has 1 aliphatic heterocycles. The minimum atomic E-state index is -1.29. The number of aldehydes is 1. The van der Waals surface area contributed by atoms with Crippen molar-refractivity contribution in [2.45, 2.75) is 65.8 Å². The first kappa shape index (κ1) is 25.7. The minimum Gasteiger partial charge on any atom is -0.481 e. The Morgan fingerprint density at radius 1 is 1.26 bits per heavy atom. The monoisotopic (exact) mass is 526 g/mol. The zero-order valence-corrected chi connectivity index (χ0v) is 22.6. The predicted molar refractivity (Wildman–Crippen MR) is 135 cm³/mol. The van der Waals surface area contributed by atoms with Crippen molar-refractivity contribution in [1.82, 2.24) is 10.1 Å². The van der Waals surface area contributed by atoms with Gasteiger partial charge in [-0.1, -0.05) is 44.0 Å². The SMILES string of the molecule is CC(C)C1=CC2C[C@]3(C=O)C4CC[C@@H](C)C4CC2(CO[C@H]2CN(C(=O)c4ccno4)C[C@@H](C)O2)C13C(=O)O. The molecule has 2 heterocycles. The Balaban J connectivity index is 1.35. The molecule has 38 heavy (non-hydrogen) atoms. The number of hydrogen-bond acceptors (Lipinski definition) is 7. The molecule has 1 aromatic rings. The van der Waals surface area contributed by atoms with Gasteiger partial charge in [-0.05, 0) is 55.8 Å². The van der Waals surface area contributed by atoms with Crippen LogP contribution in [0.5, 0.6) is 0 Å². The summed E-state index contributed by atoms with van der Waals surface area (Å²) >= 11 is 0. The van der Waals surface area contributed by atoms with E-state index in [1.807, 2.05) is 20.8 Å². The molecule has 5 unspecified atom stereocenters. The van der Waals surface area contributed by atoms with Crippen LogP contribution in [0.1, 0.15) is 63.9 Å². The van der Waals surface area contributed by atoms with E-state index >= 15 is 0 Å². The van der Waals surface area contributed by atoms with Gasteiger partial charge in [-0.3, -0.25) is 9.59 Å². The van der Waals surface area contributed by atoms with Gasteiger partial charge in [0.1, 0.15) is 11.7 Å². The quantitative estimate of drug-likeness (QED) is 0.421. The van der Waals surface area contributed by atoms with E-state index in [4.69, 9.17) is 14.0 Å². The number of carbonyl (C=O) groups excluding carboxylic acids is 2. The van der Waals surface area contributed by atoms with E-state index in [2.05, 4.69) is 18.2 Å². The van der Waals surface area contributed by atoms with Crippen molar-refractivity contribution < 1.29 is 33.5 Å². The van der Waals surface area contributed by atoms with Crippen molar-refractivity contribution in [1.29, 1.82) is 0 Å². The van der Waals surface area contributed by atoms with Crippen LogP contribution in [0.25, 0.3) is 0 Å². The highest BCUT2D eigenvalue weighted by atomic mass is 16.7. The number of nitrogens with zero attached hydrogens (tertiary/aromatic N) is 2. The van der Waals surface area contributed by atoms with Gasteiger partial charge in [0.25, 0.3) is 5.91 Å². The molecule has 1 saturated heterocycles. The summed E-state index contributed by atoms with van der Waals surface area (Å²) < 4.78 is 17.7. The van der Waals surface area contributed by atoms with Gasteiger partial charge in [-0.15, -0.1) is 0 Å². The summed E-state index contributed by atoms with van der Waals surface area (Å²) in [5, 5.41) is 14.7. The third-order valence-electron chi connectivity index (χ3n) is 10.8. The number of allylic oxidation sites excluding steroid dienone is 1. The first-order valence-corrected chi connectivity index (χ1v) is 14.0. The molecule has 4 fully saturated rings. The number of rotatable bonds is 7. The Bertz CT molecular complexity index is 1160. The van der Waals surface area contributed by atoms with Crippen LogP contribution in [0.15, 0.2) is 28.4 Å². The molecule has 1 N–H and O–H groups in total. The van der Waals surface area contributed by atoms with E-state index in [9.17, 15) is 19.5 Å². The lowest BCUT2D eigenvalue weighted by molar-refractivity contribution is -0.232. The van der Waals surface area contributed by atoms with Crippen LogP contribution in [-0.4, -0.2) is 65.4 Å². The number of hydrogen-bond donors (Lipinski definition) is 1. The number of carboxylic acid groups (broad SMARTS) is 1. The number of ether oxygens (including phenoxy) is 2. The van der Waals surface area contributed by atoms with Gasteiger partial charge in [0.2, 0.25) is 5.76 Å². The summed E-state index contributed by atoms with van der Waals surface area (Å²) in [4.78, 5) is 41.3. The largest absolute Gasteiger partial charge is 0.481 e. The molecule has 0 radical (unpaired) electrons. The third kappa shape index (κ3) is 3.12. The molecule has 6 rings (SSSR count). The van der Waals surface area contributed by atoms with E-state index in [1.54, 1.807) is 4.90 Å². The highest BCUT2D eigenvalue weighted by molar-refractivity contribution is 5.91. The summed E-state index contributed by atoms with van der Waals surface area (Å²) in [6.45, 7) is 8.96. The van der Waals surface area contributed by atoms with Gasteiger partial charge in [0.15, 0.2) is 6.29 Å². The zero-order valence-electron chi connectivity index (χ0n) is 22.6. The lowest BCUT2D eigenvalue weighted by Gasteiger charge is -2.58. The molecule has 4 bridgehead atoms. The molecule has 206 valence electrons. The van der Waals surface area contributed by atoms with Gasteiger partial charge in [0, 0.05) is 18.0 Å². The Kier molecular flexibility index (Phi) is 5.92. The maximum Gasteiger partial charge on any atom is 0.315 e. The van der Waals surface area contributed by atoms with Crippen LogP contribution in [-0.2, 0) is 19.1 Å². The Hall–Kier alpha value is -2.52. The molecule has 0 spiro atoms. The van der Waals surface area contributed by atoms with Crippen LogP contribution in [0.2, 0.25) is 0 Å². The summed E-state index contributed by atoms with van der Waals surface area (Å²) in [5.74, 6) is -0.262. The smallest absolute Gasteiger partial charge is 0.315 e. The molecular weight excluding hydrogens is 488 g/mol. The molecule has 4 aliphatic carbocycles. The van der Waals surface area contributed by atoms with Crippen molar-refractivity contribution in [2.75, 3.05) is 19.7 Å². The maximum absolute atomic E-state index is 13.6. The molecule has 5 aliphatic rings. The maximum atomic E-state index is 13.6. The lowest BCUT2D eigenvalue weighted by atomic mass is 9.43. The van der Waals surface area contributed by atoms with Crippen molar-refractivity contribution in [2.24, 2.45) is 45.8 Å². The van der Waals surface area contributed by atoms with Gasteiger partial charge in [0.05, 0.1) is 30.9 Å². The molecule has 9 nitrogen and oxygen atoms in total. The molecule has 1 aromatic heterocycles. The standard InChI is InChI=1S/C29H38N2O7/c1-16(2)22-9-19-10-27(14-32)21-6-5-17(3)20(21)11-28(19,29(22,27)26(34)35)15-36-24-13-31(12-18(4)37-24)25(33)23-7-8-30-38-23/h7-9,14,16-21,24H,5-6,10-13,15H2,1-4H3,(H,34,35)/t17-,18-,19?,20?,21?,24-,27+,28?,29?/m1/s1. The first-order valence-electron chi connectivity index (χ1n) is 14.0. The number of aromatic nitrogens is 1. The minimum absolute atomic E-state index is 0.00597. The number of amides is 1. The second-order valence-electron chi connectivity index (χ2n) is 12.8. The number of fused-ring (bicyclic) bond motifs is 2. The third-order valence-corrected chi connectivity index (χ3v) is 10.8. The average Bonchev–Trinajstić information content (AvgIpc) is 3.64. The van der Waals surface area contributed by atoms with E-state index in [-0.39, 0.29) is 54.6 Å². The van der Waals surface area contributed by atoms with E-state index in [0.717, 1.165) is 31.1 Å². The van der Waals surface area contributed by atoms with Crippen molar-refractivity contribution >= 4 is 18.2 Å². The number of carbonyl (C=O) groups is 3. The van der Waals surface area contributed by atoms with Crippen molar-refractivity contribution in [3.8, 4) is 0 Å². The van der Waals surface area contributed by atoms with Gasteiger partial charge < -0.3 is 28.8 Å². The van der Waals surface area contributed by atoms with Crippen molar-refractivity contribution in [3.63, 3.8) is 0 Å². The van der Waals surface area contributed by atoms with Crippen LogP contribution in [0, 0.1) is 45.8 Å². The Morgan fingerprint density at radius 2 is 2.05 bits per heavy atom. The first-order chi connectivity index (χ1) is 18.1. The molecule has 1 amide bonds. The zero-order chi connectivity index (χ0) is 27.0. The lowest BCUT2D eigenvalue weighted by Crippen LogP contribution is -2.64. The second kappa shape index (κ2) is 8.74. The van der Waals surface area contributed by atoms with Crippen LogP contribution in [0.3, 0.4) is 0 Å². The average molecular weight is 527 g/mol. The van der Waals surface area contributed by atoms with E-state index < -0.39 is 28.5 Å². The summed E-state index contributed by atoms with van der Waals surface area (Å²) in [7, 11) is 0. The predicted octanol–water partition coefficient (Wildman–Crippen LogP) is 3.80. The van der Waals surface area contributed by atoms with Gasteiger partial charge in [-0.2, -0.15) is 0 Å². The molecule has 0 aromatic carbocycles. The fourth-order valence-electron chi connectivity index (χ4n) is 9.53. The van der Waals surface area contributed by atoms with Crippen LogP contribution in [0.4, 0.5) is 0 Å². The highest BCUT2D eigenvalue weighted by Gasteiger charge is 2.84. The van der Waals surface area contributed by atoms with E-state index in [1.165, 1.54) is 12.3 Å². The summed E-state index contributed by atoms with van der Waals surface area (Å²) in [5.41, 5.74) is -2.07. The number of carboxylic acids is 1. The summed E-state index contributed by atoms with van der Waals surface area (Å²) in [6.07, 6.45) is 6.85. The number of aliphatic carboxylic acids is 1. The molecule has 9 atom stereocenters. The van der Waals surface area contributed by atoms with E-state index in [0.29, 0.717) is 18.9 Å². The Morgan fingerprint density at radius 3 is 2.71 bits per heavy atom. The second-order valence-corrected chi connectivity index (χ2v) is 12.8. The van der Waals surface area contributed by atoms with Gasteiger partial charge in [-0.25, -0.2) is 0 Å². The normalized spacial score (nSPS) is 43.3. The molecular formula is C29H38N2O7. The fourth-order valence-corrected chi connectivity index (χ4v) is 9.53. The van der Waals surface area contributed by atoms with Crippen LogP contribution >= 0.6 is 0 Å². The summed E-state index contributed by atoms with van der Waals surface area (Å²) in [6, 6.07) is 1.53. The fraction of sp³-hybridized carbons (Fsp3) is 0.724. The Labute approximate surface area is 222 Å². The number of morpholine rings is 1. The van der Waals surface area contributed by atoms with Gasteiger partial charge >= 0.3 is 5.97 Å². The van der Waals surface area contributed by atoms with Crippen LogP contribution < -0.4 is 0 Å². The molecule has 3 saturated carbocycles. The topological polar surface area (TPSA) is 119 Å². The highest BCUT2D eigenvalue weighted by Crippen LogP contribution is 2.82.